The molecule has 0 aromatic heterocycles. The van der Waals surface area contributed by atoms with Crippen molar-refractivity contribution in [3.8, 4) is 0 Å². The second-order valence-electron chi connectivity index (χ2n) is 9.76. The molecule has 0 aliphatic carbocycles. The summed E-state index contributed by atoms with van der Waals surface area (Å²) in [4.78, 5) is 26.0. The number of aryl methyl sites for hydroxylation is 2. The summed E-state index contributed by atoms with van der Waals surface area (Å²) in [6.07, 6.45) is 1.98. The molecule has 2 heterocycles. The van der Waals surface area contributed by atoms with Gasteiger partial charge in [0, 0.05) is 26.2 Å². The van der Waals surface area contributed by atoms with Crippen molar-refractivity contribution in [1.29, 1.82) is 0 Å². The molecular formula is C26H34N4O6S2. The molecule has 2 fully saturated rings. The molecule has 10 nitrogen and oxygen atoms in total. The van der Waals surface area contributed by atoms with Gasteiger partial charge in [-0.15, -0.1) is 0 Å². The quantitative estimate of drug-likeness (QED) is 0.446. The topological polar surface area (TPSA) is 133 Å². The molecule has 2 aliphatic heterocycles. The van der Waals surface area contributed by atoms with E-state index < -0.39 is 43.9 Å². The minimum atomic E-state index is -3.81. The van der Waals surface area contributed by atoms with Crippen LogP contribution >= 0.6 is 0 Å². The van der Waals surface area contributed by atoms with Crippen molar-refractivity contribution in [2.75, 3.05) is 26.2 Å². The lowest BCUT2D eigenvalue weighted by Gasteiger charge is -2.24. The third-order valence-corrected chi connectivity index (χ3v) is 10.8. The summed E-state index contributed by atoms with van der Waals surface area (Å²) in [5.41, 5.74) is 1.88. The van der Waals surface area contributed by atoms with E-state index in [0.717, 1.165) is 11.1 Å². The Kier molecular flexibility index (Phi) is 8.55. The van der Waals surface area contributed by atoms with Gasteiger partial charge in [-0.1, -0.05) is 35.4 Å². The molecule has 2 amide bonds. The van der Waals surface area contributed by atoms with Gasteiger partial charge < -0.3 is 10.6 Å². The summed E-state index contributed by atoms with van der Waals surface area (Å²) < 4.78 is 54.8. The largest absolute Gasteiger partial charge is 0.353 e. The van der Waals surface area contributed by atoms with E-state index in [0.29, 0.717) is 25.7 Å². The molecule has 12 heteroatoms. The monoisotopic (exact) mass is 562 g/mol. The van der Waals surface area contributed by atoms with Crippen molar-refractivity contribution in [2.45, 2.75) is 61.4 Å². The van der Waals surface area contributed by atoms with Gasteiger partial charge in [-0.05, 0) is 63.8 Å². The van der Waals surface area contributed by atoms with Crippen molar-refractivity contribution in [2.24, 2.45) is 0 Å². The molecular weight excluding hydrogens is 528 g/mol. The summed E-state index contributed by atoms with van der Waals surface area (Å²) in [5, 5.41) is 5.43. The van der Waals surface area contributed by atoms with Gasteiger partial charge in [-0.25, -0.2) is 16.8 Å². The Bertz CT molecular complexity index is 1270. The maximum atomic E-state index is 13.1. The average molecular weight is 563 g/mol. The predicted molar refractivity (Wildman–Crippen MR) is 142 cm³/mol. The maximum absolute atomic E-state index is 13.1. The summed E-state index contributed by atoms with van der Waals surface area (Å²) in [5.74, 6) is -0.839. The van der Waals surface area contributed by atoms with Crippen LogP contribution in [-0.2, 0) is 29.6 Å². The summed E-state index contributed by atoms with van der Waals surface area (Å²) in [6, 6.07) is 11.4. The highest BCUT2D eigenvalue weighted by Crippen LogP contribution is 2.27. The van der Waals surface area contributed by atoms with E-state index in [9.17, 15) is 26.4 Å². The minimum absolute atomic E-state index is 0.0942. The summed E-state index contributed by atoms with van der Waals surface area (Å²) >= 11 is 0. The lowest BCUT2D eigenvalue weighted by atomic mass is 10.2. The molecule has 0 unspecified atom stereocenters. The zero-order chi connectivity index (χ0) is 27.5. The molecule has 206 valence electrons. The number of hydrogen-bond acceptors (Lipinski definition) is 6. The lowest BCUT2D eigenvalue weighted by molar-refractivity contribution is -0.126. The number of hydrogen-bond donors (Lipinski definition) is 2. The van der Waals surface area contributed by atoms with Gasteiger partial charge >= 0.3 is 0 Å². The van der Waals surface area contributed by atoms with Crippen LogP contribution in [0.4, 0.5) is 0 Å². The first kappa shape index (κ1) is 28.2. The standard InChI is InChI=1S/C26H34N4O6S2/c1-19-7-11-21(12-8-19)37(33,34)29-17-3-5-23(29)25(31)27-15-16-28-26(32)24-6-4-18-30(24)38(35,36)22-13-9-20(2)10-14-22/h7-14,23-24H,3-6,15-18H2,1-2H3,(H,27,31)(H,28,32)/t23-,24+. The van der Waals surface area contributed by atoms with Crippen molar-refractivity contribution >= 4 is 31.9 Å². The van der Waals surface area contributed by atoms with Crippen LogP contribution in [0.3, 0.4) is 0 Å². The number of carbonyl (C=O) groups excluding carboxylic acids is 2. The molecule has 4 rings (SSSR count). The Balaban J connectivity index is 1.30. The van der Waals surface area contributed by atoms with Crippen molar-refractivity contribution in [1.82, 2.24) is 19.2 Å². The SMILES string of the molecule is Cc1ccc(S(=O)(=O)N2CCC[C@@H]2C(=O)NCCNC(=O)[C@@H]2CCCN2S(=O)(=O)c2ccc(C)cc2)cc1. The Morgan fingerprint density at radius 2 is 1.03 bits per heavy atom. The Morgan fingerprint density at radius 3 is 1.37 bits per heavy atom. The normalized spacial score (nSPS) is 20.9. The molecule has 2 saturated heterocycles. The first-order chi connectivity index (χ1) is 18.0. The van der Waals surface area contributed by atoms with Crippen LogP contribution in [0.1, 0.15) is 36.8 Å². The number of benzene rings is 2. The van der Waals surface area contributed by atoms with E-state index in [1.54, 1.807) is 48.5 Å². The van der Waals surface area contributed by atoms with Gasteiger partial charge in [0.05, 0.1) is 9.79 Å². The predicted octanol–water partition coefficient (Wildman–Crippen LogP) is 1.54. The van der Waals surface area contributed by atoms with Crippen LogP contribution in [0.25, 0.3) is 0 Å². The van der Waals surface area contributed by atoms with Crippen LogP contribution in [0, 0.1) is 13.8 Å². The Labute approximate surface area is 224 Å². The van der Waals surface area contributed by atoms with Gasteiger partial charge in [-0.2, -0.15) is 8.61 Å². The zero-order valence-corrected chi connectivity index (χ0v) is 23.2. The number of nitrogens with zero attached hydrogens (tertiary/aromatic N) is 2. The minimum Gasteiger partial charge on any atom is -0.353 e. The van der Waals surface area contributed by atoms with E-state index in [1.165, 1.54) is 8.61 Å². The first-order valence-electron chi connectivity index (χ1n) is 12.7. The highest BCUT2D eigenvalue weighted by Gasteiger charge is 2.40. The van der Waals surface area contributed by atoms with E-state index in [4.69, 9.17) is 0 Å². The van der Waals surface area contributed by atoms with Gasteiger partial charge in [-0.3, -0.25) is 9.59 Å². The zero-order valence-electron chi connectivity index (χ0n) is 21.6. The Morgan fingerprint density at radius 1 is 0.684 bits per heavy atom. The number of amides is 2. The van der Waals surface area contributed by atoms with Gasteiger partial charge in [0.1, 0.15) is 12.1 Å². The Hall–Kier alpha value is -2.80. The van der Waals surface area contributed by atoms with Crippen LogP contribution in [-0.4, -0.2) is 75.5 Å². The van der Waals surface area contributed by atoms with Crippen molar-refractivity contribution in [3.05, 3.63) is 59.7 Å². The van der Waals surface area contributed by atoms with E-state index >= 15 is 0 Å². The first-order valence-corrected chi connectivity index (χ1v) is 15.6. The molecule has 2 aliphatic rings. The second kappa shape index (κ2) is 11.5. The number of nitrogens with one attached hydrogen (secondary N) is 2. The van der Waals surface area contributed by atoms with E-state index in [1.807, 2.05) is 13.8 Å². The van der Waals surface area contributed by atoms with Crippen LogP contribution in [0.15, 0.2) is 58.3 Å². The third-order valence-electron chi connectivity index (χ3n) is 6.99. The lowest BCUT2D eigenvalue weighted by Crippen LogP contribution is -2.49. The second-order valence-corrected chi connectivity index (χ2v) is 13.5. The van der Waals surface area contributed by atoms with Gasteiger partial charge in [0.15, 0.2) is 0 Å². The fourth-order valence-corrected chi connectivity index (χ4v) is 8.19. The smallest absolute Gasteiger partial charge is 0.243 e. The molecule has 0 spiro atoms. The fourth-order valence-electron chi connectivity index (χ4n) is 4.88. The molecule has 0 radical (unpaired) electrons. The molecule has 0 saturated carbocycles. The van der Waals surface area contributed by atoms with Crippen LogP contribution in [0.5, 0.6) is 0 Å². The van der Waals surface area contributed by atoms with Crippen molar-refractivity contribution in [3.63, 3.8) is 0 Å². The molecule has 2 aromatic rings. The molecule has 2 atom stereocenters. The molecule has 0 bridgehead atoms. The van der Waals surface area contributed by atoms with Crippen LogP contribution < -0.4 is 10.6 Å². The summed E-state index contributed by atoms with van der Waals surface area (Å²) in [6.45, 7) is 4.45. The number of carbonyl (C=O) groups is 2. The van der Waals surface area contributed by atoms with E-state index in [-0.39, 0.29) is 36.0 Å². The number of sulfonamides is 2. The highest BCUT2D eigenvalue weighted by molar-refractivity contribution is 7.89. The van der Waals surface area contributed by atoms with E-state index in [2.05, 4.69) is 10.6 Å². The van der Waals surface area contributed by atoms with Gasteiger partial charge in [0.25, 0.3) is 0 Å². The third kappa shape index (κ3) is 5.93. The van der Waals surface area contributed by atoms with Crippen molar-refractivity contribution < 1.29 is 26.4 Å². The maximum Gasteiger partial charge on any atom is 0.243 e. The van der Waals surface area contributed by atoms with Gasteiger partial charge in [0.2, 0.25) is 31.9 Å². The molecule has 2 aromatic carbocycles. The van der Waals surface area contributed by atoms with Crippen LogP contribution in [0.2, 0.25) is 0 Å². The molecule has 38 heavy (non-hydrogen) atoms. The summed E-state index contributed by atoms with van der Waals surface area (Å²) in [7, 11) is -7.62. The number of rotatable bonds is 9. The highest BCUT2D eigenvalue weighted by atomic mass is 32.2. The average Bonchev–Trinajstić information content (AvgIpc) is 3.58. The fraction of sp³-hybridized carbons (Fsp3) is 0.462. The molecule has 2 N–H and O–H groups in total.